The molecular weight excluding hydrogens is 372 g/mol. The van der Waals surface area contributed by atoms with Gasteiger partial charge in [0.05, 0.1) is 32.6 Å². The number of esters is 1. The fraction of sp³-hybridized carbons (Fsp3) is 0.190. The summed E-state index contributed by atoms with van der Waals surface area (Å²) < 4.78 is 17.8. The Kier molecular flexibility index (Phi) is 4.90. The fourth-order valence-corrected chi connectivity index (χ4v) is 3.46. The summed E-state index contributed by atoms with van der Waals surface area (Å²) in [5.74, 6) is 1.25. The summed E-state index contributed by atoms with van der Waals surface area (Å²) in [5, 5.41) is 7.57. The van der Waals surface area contributed by atoms with E-state index in [2.05, 4.69) is 15.4 Å². The van der Waals surface area contributed by atoms with Gasteiger partial charge in [0.2, 0.25) is 5.95 Å². The van der Waals surface area contributed by atoms with E-state index >= 15 is 0 Å². The van der Waals surface area contributed by atoms with Crippen LogP contribution in [-0.2, 0) is 9.53 Å². The van der Waals surface area contributed by atoms with Crippen LogP contribution in [-0.4, -0.2) is 42.1 Å². The Hall–Kier alpha value is -3.81. The maximum Gasteiger partial charge on any atom is 0.338 e. The lowest BCUT2D eigenvalue weighted by Crippen LogP contribution is -2.29. The Morgan fingerprint density at radius 3 is 2.55 bits per heavy atom. The maximum atomic E-state index is 13.0. The zero-order valence-electron chi connectivity index (χ0n) is 16.2. The Labute approximate surface area is 167 Å². The van der Waals surface area contributed by atoms with E-state index in [9.17, 15) is 4.79 Å². The number of nitrogens with one attached hydrogen (secondary N) is 1. The summed E-state index contributed by atoms with van der Waals surface area (Å²) in [4.78, 5) is 17.3. The monoisotopic (exact) mass is 392 g/mol. The number of ether oxygens (including phenoxy) is 3. The van der Waals surface area contributed by atoms with Crippen LogP contribution in [0.3, 0.4) is 0 Å². The maximum absolute atomic E-state index is 13.0. The molecule has 0 unspecified atom stereocenters. The molecular formula is C21H20N4O4. The van der Waals surface area contributed by atoms with Gasteiger partial charge in [-0.1, -0.05) is 30.3 Å². The van der Waals surface area contributed by atoms with Crippen LogP contribution in [0.15, 0.2) is 60.4 Å². The van der Waals surface area contributed by atoms with E-state index in [-0.39, 0.29) is 0 Å². The van der Waals surface area contributed by atoms with Gasteiger partial charge in [-0.15, -0.1) is 0 Å². The summed E-state index contributed by atoms with van der Waals surface area (Å²) in [6.45, 7) is 0. The van der Waals surface area contributed by atoms with Gasteiger partial charge in [-0.3, -0.25) is 0 Å². The summed E-state index contributed by atoms with van der Waals surface area (Å²) in [7, 11) is 4.52. The van der Waals surface area contributed by atoms with Crippen LogP contribution in [0.5, 0.6) is 11.5 Å². The molecule has 0 amide bonds. The molecule has 0 aliphatic carbocycles. The predicted octanol–water partition coefficient (Wildman–Crippen LogP) is 2.89. The van der Waals surface area contributed by atoms with Crippen molar-refractivity contribution in [3.63, 3.8) is 0 Å². The smallest absolute Gasteiger partial charge is 0.338 e. The van der Waals surface area contributed by atoms with Gasteiger partial charge in [0.15, 0.2) is 0 Å². The molecule has 0 radical (unpaired) electrons. The zero-order chi connectivity index (χ0) is 20.4. The van der Waals surface area contributed by atoms with Crippen LogP contribution in [0, 0.1) is 0 Å². The SMILES string of the molecule is COC(=O)C1=C(c2ccccc2)Nc2ncnn2[C@H]1c1cc(OC)ccc1OC. The molecule has 148 valence electrons. The lowest BCUT2D eigenvalue weighted by atomic mass is 9.92. The van der Waals surface area contributed by atoms with Gasteiger partial charge >= 0.3 is 5.97 Å². The second kappa shape index (κ2) is 7.67. The highest BCUT2D eigenvalue weighted by Gasteiger charge is 2.37. The van der Waals surface area contributed by atoms with Crippen molar-refractivity contribution in [2.45, 2.75) is 6.04 Å². The van der Waals surface area contributed by atoms with E-state index in [1.54, 1.807) is 31.0 Å². The number of benzene rings is 2. The molecule has 0 saturated heterocycles. The zero-order valence-corrected chi connectivity index (χ0v) is 16.2. The lowest BCUT2D eigenvalue weighted by Gasteiger charge is -2.30. The van der Waals surface area contributed by atoms with E-state index in [1.165, 1.54) is 13.4 Å². The predicted molar refractivity (Wildman–Crippen MR) is 107 cm³/mol. The van der Waals surface area contributed by atoms with E-state index in [0.29, 0.717) is 34.3 Å². The van der Waals surface area contributed by atoms with Crippen LogP contribution in [0.25, 0.3) is 5.70 Å². The highest BCUT2D eigenvalue weighted by Crippen LogP contribution is 2.42. The number of hydrogen-bond donors (Lipinski definition) is 1. The molecule has 1 atom stereocenters. The molecule has 3 aromatic rings. The number of carbonyl (C=O) groups excluding carboxylic acids is 1. The minimum atomic E-state index is -0.624. The first-order chi connectivity index (χ1) is 14.2. The summed E-state index contributed by atoms with van der Waals surface area (Å²) >= 11 is 0. The Balaban J connectivity index is 2.02. The Bertz CT molecular complexity index is 1080. The molecule has 1 aliphatic heterocycles. The standard InChI is InChI=1S/C21H20N4O4/c1-27-14-9-10-16(28-2)15(11-14)19-17(20(26)29-3)18(13-7-5-4-6-8-13)24-21-22-12-23-25(19)21/h4-12,19H,1-3H3,(H,22,23,24)/t19-/m0/s1. The number of nitrogens with zero attached hydrogens (tertiary/aromatic N) is 3. The highest BCUT2D eigenvalue weighted by molar-refractivity contribution is 6.02. The topological polar surface area (TPSA) is 87.5 Å². The molecule has 0 bridgehead atoms. The molecule has 2 aromatic carbocycles. The Morgan fingerprint density at radius 2 is 1.86 bits per heavy atom. The van der Waals surface area contributed by atoms with E-state index < -0.39 is 12.0 Å². The van der Waals surface area contributed by atoms with Crippen molar-refractivity contribution >= 4 is 17.6 Å². The fourth-order valence-electron chi connectivity index (χ4n) is 3.46. The van der Waals surface area contributed by atoms with Crippen LogP contribution >= 0.6 is 0 Å². The number of hydrogen-bond acceptors (Lipinski definition) is 7. The molecule has 2 heterocycles. The van der Waals surface area contributed by atoms with Gasteiger partial charge in [-0.2, -0.15) is 10.1 Å². The average Bonchev–Trinajstić information content (AvgIpc) is 3.25. The minimum absolute atomic E-state index is 0.392. The van der Waals surface area contributed by atoms with Crippen molar-refractivity contribution in [3.05, 3.63) is 71.6 Å². The number of rotatable bonds is 5. The first kappa shape index (κ1) is 18.5. The number of methoxy groups -OCH3 is 3. The first-order valence-electron chi connectivity index (χ1n) is 8.94. The molecule has 1 aromatic heterocycles. The van der Waals surface area contributed by atoms with Gasteiger partial charge in [-0.25, -0.2) is 9.48 Å². The molecule has 0 fully saturated rings. The third kappa shape index (κ3) is 3.18. The second-order valence-electron chi connectivity index (χ2n) is 6.31. The summed E-state index contributed by atoms with van der Waals surface area (Å²) in [6, 6.07) is 14.3. The number of fused-ring (bicyclic) bond motifs is 1. The molecule has 8 heteroatoms. The van der Waals surface area contributed by atoms with E-state index in [0.717, 1.165) is 5.56 Å². The van der Waals surface area contributed by atoms with Gasteiger partial charge in [0, 0.05) is 5.56 Å². The van der Waals surface area contributed by atoms with Gasteiger partial charge in [0.25, 0.3) is 0 Å². The molecule has 1 aliphatic rings. The summed E-state index contributed by atoms with van der Waals surface area (Å²) in [6.07, 6.45) is 1.44. The average molecular weight is 392 g/mol. The van der Waals surface area contributed by atoms with Crippen LogP contribution < -0.4 is 14.8 Å². The number of carbonyl (C=O) groups is 1. The van der Waals surface area contributed by atoms with Crippen LogP contribution in [0.4, 0.5) is 5.95 Å². The number of aromatic nitrogens is 3. The molecule has 8 nitrogen and oxygen atoms in total. The highest BCUT2D eigenvalue weighted by atomic mass is 16.5. The van der Waals surface area contributed by atoms with Crippen molar-refractivity contribution in [1.29, 1.82) is 0 Å². The molecule has 29 heavy (non-hydrogen) atoms. The van der Waals surface area contributed by atoms with Gasteiger partial charge in [-0.05, 0) is 23.8 Å². The molecule has 0 spiro atoms. The Morgan fingerprint density at radius 1 is 1.07 bits per heavy atom. The quantitative estimate of drug-likeness (QED) is 0.668. The minimum Gasteiger partial charge on any atom is -0.497 e. The summed E-state index contributed by atoms with van der Waals surface area (Å²) in [5.41, 5.74) is 2.53. The first-order valence-corrected chi connectivity index (χ1v) is 8.94. The van der Waals surface area contributed by atoms with Crippen molar-refractivity contribution in [2.75, 3.05) is 26.6 Å². The van der Waals surface area contributed by atoms with Crippen LogP contribution in [0.2, 0.25) is 0 Å². The van der Waals surface area contributed by atoms with Crippen molar-refractivity contribution < 1.29 is 19.0 Å². The van der Waals surface area contributed by atoms with Gasteiger partial charge in [0.1, 0.15) is 23.9 Å². The van der Waals surface area contributed by atoms with Crippen LogP contribution in [0.1, 0.15) is 17.2 Å². The van der Waals surface area contributed by atoms with E-state index in [4.69, 9.17) is 14.2 Å². The molecule has 4 rings (SSSR count). The third-order valence-corrected chi connectivity index (χ3v) is 4.80. The van der Waals surface area contributed by atoms with Crippen molar-refractivity contribution in [2.24, 2.45) is 0 Å². The van der Waals surface area contributed by atoms with Crippen molar-refractivity contribution in [1.82, 2.24) is 14.8 Å². The third-order valence-electron chi connectivity index (χ3n) is 4.80. The van der Waals surface area contributed by atoms with Crippen molar-refractivity contribution in [3.8, 4) is 11.5 Å². The normalized spacial score (nSPS) is 15.3. The molecule has 1 N–H and O–H groups in total. The largest absolute Gasteiger partial charge is 0.497 e. The van der Waals surface area contributed by atoms with Gasteiger partial charge < -0.3 is 19.5 Å². The number of anilines is 1. The second-order valence-corrected chi connectivity index (χ2v) is 6.31. The lowest BCUT2D eigenvalue weighted by molar-refractivity contribution is -0.136. The molecule has 0 saturated carbocycles. The van der Waals surface area contributed by atoms with E-state index in [1.807, 2.05) is 36.4 Å².